The average Bonchev–Trinajstić information content (AvgIpc) is 2.44. The van der Waals surface area contributed by atoms with Gasteiger partial charge in [-0.15, -0.1) is 0 Å². The molecule has 66 valence electrons. The molecule has 0 saturated carbocycles. The van der Waals surface area contributed by atoms with Crippen LogP contribution in [0.3, 0.4) is 0 Å². The number of likely N-dealkylation sites (tertiary alicyclic amines) is 1. The Labute approximate surface area is 71.2 Å². The monoisotopic (exact) mass is 168 g/mol. The number of rotatable bonds is 1. The first kappa shape index (κ1) is 7.73. The Hall–Kier alpha value is -0.900. The summed E-state index contributed by atoms with van der Waals surface area (Å²) >= 11 is 0. The fourth-order valence-corrected chi connectivity index (χ4v) is 2.06. The number of carbonyl (C=O) groups excluding carboxylic acids is 1. The van der Waals surface area contributed by atoms with Crippen molar-refractivity contribution >= 4 is 12.0 Å². The number of hydrogen-bond acceptors (Lipinski definition) is 4. The smallest absolute Gasteiger partial charge is 0.149 e. The van der Waals surface area contributed by atoms with E-state index in [9.17, 15) is 4.79 Å². The maximum Gasteiger partial charge on any atom is 0.149 e. The summed E-state index contributed by atoms with van der Waals surface area (Å²) in [7, 11) is 1.95. The zero-order valence-electron chi connectivity index (χ0n) is 7.23. The quantitative estimate of drug-likeness (QED) is 0.548. The summed E-state index contributed by atoms with van der Waals surface area (Å²) in [6.07, 6.45) is 1.85. The van der Waals surface area contributed by atoms with E-state index in [0.29, 0.717) is 0 Å². The molecule has 3 atom stereocenters. The molecule has 2 aliphatic heterocycles. The van der Waals surface area contributed by atoms with E-state index in [1.54, 1.807) is 13.1 Å². The summed E-state index contributed by atoms with van der Waals surface area (Å²) in [4.78, 5) is 18.4. The number of nitrogens with zero attached hydrogens (tertiary/aromatic N) is 2. The van der Waals surface area contributed by atoms with E-state index < -0.39 is 0 Å². The number of oxime groups is 1. The summed E-state index contributed by atoms with van der Waals surface area (Å²) in [5, 5.41) is 3.73. The summed E-state index contributed by atoms with van der Waals surface area (Å²) < 4.78 is 0. The van der Waals surface area contributed by atoms with Crippen molar-refractivity contribution in [1.82, 2.24) is 4.90 Å². The van der Waals surface area contributed by atoms with Crippen LogP contribution >= 0.6 is 0 Å². The number of carbonyl (C=O) groups is 1. The van der Waals surface area contributed by atoms with E-state index in [4.69, 9.17) is 4.84 Å². The molecule has 0 bridgehead atoms. The molecule has 0 aromatic carbocycles. The van der Waals surface area contributed by atoms with E-state index >= 15 is 0 Å². The maximum atomic E-state index is 11.2. The van der Waals surface area contributed by atoms with Gasteiger partial charge in [0.05, 0.1) is 18.2 Å². The molecule has 0 radical (unpaired) electrons. The molecule has 0 aromatic rings. The lowest BCUT2D eigenvalue weighted by Crippen LogP contribution is -2.36. The Morgan fingerprint density at radius 2 is 2.50 bits per heavy atom. The molecule has 2 rings (SSSR count). The summed E-state index contributed by atoms with van der Waals surface area (Å²) in [6.45, 7) is 2.42. The van der Waals surface area contributed by atoms with Gasteiger partial charge < -0.3 is 4.84 Å². The molecule has 4 heteroatoms. The van der Waals surface area contributed by atoms with Crippen LogP contribution in [0.2, 0.25) is 0 Å². The number of likely N-dealkylation sites (N-methyl/N-ethyl adjacent to an activating group) is 1. The third-order valence-corrected chi connectivity index (χ3v) is 2.58. The van der Waals surface area contributed by atoms with Crippen molar-refractivity contribution in [3.05, 3.63) is 0 Å². The molecule has 0 spiro atoms. The molecule has 0 amide bonds. The number of ketones is 1. The Morgan fingerprint density at radius 3 is 3.17 bits per heavy atom. The fraction of sp³-hybridized carbons (Fsp3) is 0.750. The predicted molar refractivity (Wildman–Crippen MR) is 44.0 cm³/mol. The van der Waals surface area contributed by atoms with Crippen LogP contribution < -0.4 is 0 Å². The van der Waals surface area contributed by atoms with Crippen LogP contribution in [0.1, 0.15) is 6.92 Å². The van der Waals surface area contributed by atoms with Gasteiger partial charge in [0.1, 0.15) is 11.9 Å². The van der Waals surface area contributed by atoms with Crippen molar-refractivity contribution in [1.29, 1.82) is 0 Å². The van der Waals surface area contributed by atoms with Gasteiger partial charge in [-0.05, 0) is 14.0 Å². The molecule has 4 nitrogen and oxygen atoms in total. The van der Waals surface area contributed by atoms with Crippen LogP contribution in [0.4, 0.5) is 0 Å². The molecule has 2 heterocycles. The highest BCUT2D eigenvalue weighted by molar-refractivity contribution is 5.86. The van der Waals surface area contributed by atoms with Crippen LogP contribution in [0.15, 0.2) is 5.16 Å². The van der Waals surface area contributed by atoms with E-state index in [-0.39, 0.29) is 23.8 Å². The first-order valence-corrected chi connectivity index (χ1v) is 4.10. The lowest BCUT2D eigenvalue weighted by molar-refractivity contribution is -0.121. The van der Waals surface area contributed by atoms with Gasteiger partial charge in [-0.25, -0.2) is 0 Å². The second kappa shape index (κ2) is 2.55. The van der Waals surface area contributed by atoms with Crippen LogP contribution in [0.5, 0.6) is 0 Å². The maximum absolute atomic E-state index is 11.2. The fourth-order valence-electron chi connectivity index (χ4n) is 2.06. The lowest BCUT2D eigenvalue weighted by atomic mass is 9.97. The van der Waals surface area contributed by atoms with Crippen LogP contribution in [0.25, 0.3) is 0 Å². The van der Waals surface area contributed by atoms with Crippen molar-refractivity contribution in [2.24, 2.45) is 11.1 Å². The van der Waals surface area contributed by atoms with Gasteiger partial charge in [-0.2, -0.15) is 0 Å². The average molecular weight is 168 g/mol. The van der Waals surface area contributed by atoms with Gasteiger partial charge >= 0.3 is 0 Å². The minimum atomic E-state index is -0.0266. The molecular weight excluding hydrogens is 156 g/mol. The van der Waals surface area contributed by atoms with Crippen molar-refractivity contribution in [2.75, 3.05) is 13.6 Å². The Balaban J connectivity index is 2.21. The minimum Gasteiger partial charge on any atom is -0.391 e. The van der Waals surface area contributed by atoms with E-state index in [1.807, 2.05) is 11.9 Å². The van der Waals surface area contributed by atoms with Gasteiger partial charge in [0.15, 0.2) is 0 Å². The highest BCUT2D eigenvalue weighted by Gasteiger charge is 2.45. The van der Waals surface area contributed by atoms with Crippen LogP contribution in [0, 0.1) is 5.92 Å². The molecule has 1 saturated heterocycles. The van der Waals surface area contributed by atoms with Gasteiger partial charge in [0.25, 0.3) is 0 Å². The lowest BCUT2D eigenvalue weighted by Gasteiger charge is -2.17. The molecule has 0 N–H and O–H groups in total. The third kappa shape index (κ3) is 0.948. The zero-order chi connectivity index (χ0) is 8.72. The van der Waals surface area contributed by atoms with Gasteiger partial charge in [0.2, 0.25) is 0 Å². The molecule has 3 unspecified atom stereocenters. The Kier molecular flexibility index (Phi) is 1.65. The largest absolute Gasteiger partial charge is 0.391 e. The first-order chi connectivity index (χ1) is 5.70. The second-order valence-electron chi connectivity index (χ2n) is 3.47. The molecule has 2 aliphatic rings. The van der Waals surface area contributed by atoms with Crippen molar-refractivity contribution < 1.29 is 9.63 Å². The van der Waals surface area contributed by atoms with Crippen LogP contribution in [-0.4, -0.2) is 42.6 Å². The zero-order valence-corrected chi connectivity index (χ0v) is 7.23. The molecule has 0 aliphatic carbocycles. The van der Waals surface area contributed by atoms with Gasteiger partial charge in [-0.3, -0.25) is 9.69 Å². The van der Waals surface area contributed by atoms with E-state index in [0.717, 1.165) is 6.54 Å². The molecule has 12 heavy (non-hydrogen) atoms. The molecule has 1 fully saturated rings. The highest BCUT2D eigenvalue weighted by Crippen LogP contribution is 2.28. The predicted octanol–water partition coefficient (Wildman–Crippen LogP) is -0.110. The third-order valence-electron chi connectivity index (χ3n) is 2.58. The van der Waals surface area contributed by atoms with Crippen molar-refractivity contribution in [2.45, 2.75) is 19.1 Å². The summed E-state index contributed by atoms with van der Waals surface area (Å²) in [5.74, 6) is 0.370. The minimum absolute atomic E-state index is 0.0266. The van der Waals surface area contributed by atoms with Gasteiger partial charge in [0, 0.05) is 6.54 Å². The summed E-state index contributed by atoms with van der Waals surface area (Å²) in [5.41, 5.74) is 0. The van der Waals surface area contributed by atoms with Crippen molar-refractivity contribution in [3.8, 4) is 0 Å². The Bertz CT molecular complexity index is 239. The SMILES string of the molecule is CC(=O)C1C2C=NOC2CN1C. The molecular formula is C8H12N2O2. The van der Waals surface area contributed by atoms with Crippen LogP contribution in [-0.2, 0) is 9.63 Å². The standard InChI is InChI=1S/C8H12N2O2/c1-5(11)8-6-3-9-12-7(6)4-10(8)2/h3,6-8H,4H2,1-2H3. The summed E-state index contributed by atoms with van der Waals surface area (Å²) in [6, 6.07) is -0.0266. The number of Topliss-reactive ketones (excluding diaryl/α,β-unsaturated/α-hetero) is 1. The normalized spacial score (nSPS) is 39.7. The highest BCUT2D eigenvalue weighted by atomic mass is 16.6. The van der Waals surface area contributed by atoms with E-state index in [1.165, 1.54) is 0 Å². The van der Waals surface area contributed by atoms with Crippen molar-refractivity contribution in [3.63, 3.8) is 0 Å². The number of fused-ring (bicyclic) bond motifs is 1. The topological polar surface area (TPSA) is 41.9 Å². The first-order valence-electron chi connectivity index (χ1n) is 4.10. The Morgan fingerprint density at radius 1 is 1.75 bits per heavy atom. The number of hydrogen-bond donors (Lipinski definition) is 0. The molecule has 0 aromatic heterocycles. The second-order valence-corrected chi connectivity index (χ2v) is 3.47. The van der Waals surface area contributed by atoms with Gasteiger partial charge in [-0.1, -0.05) is 5.16 Å². The van der Waals surface area contributed by atoms with E-state index in [2.05, 4.69) is 5.16 Å².